The number of nitrogens with zero attached hydrogens (tertiary/aromatic N) is 1. The molecule has 2 aromatic rings. The number of anilines is 1. The number of piperidine rings is 1. The smallest absolute Gasteiger partial charge is 0.321 e. The lowest BCUT2D eigenvalue weighted by atomic mass is 9.94. The van der Waals surface area contributed by atoms with E-state index in [4.69, 9.17) is 0 Å². The van der Waals surface area contributed by atoms with Gasteiger partial charge in [-0.1, -0.05) is 12.1 Å². The molecule has 24 heavy (non-hydrogen) atoms. The fourth-order valence-corrected chi connectivity index (χ4v) is 4.12. The van der Waals surface area contributed by atoms with Gasteiger partial charge in [0.25, 0.3) is 0 Å². The van der Waals surface area contributed by atoms with Crippen molar-refractivity contribution in [2.45, 2.75) is 32.8 Å². The molecule has 2 heterocycles. The number of nitrogens with one attached hydrogen (secondary N) is 1. The van der Waals surface area contributed by atoms with Crippen molar-refractivity contribution >= 4 is 23.1 Å². The van der Waals surface area contributed by atoms with Gasteiger partial charge >= 0.3 is 6.03 Å². The van der Waals surface area contributed by atoms with Crippen molar-refractivity contribution in [3.8, 4) is 10.4 Å². The second kappa shape index (κ2) is 7.36. The maximum atomic E-state index is 12.5. The minimum absolute atomic E-state index is 0.0830. The quantitative estimate of drug-likeness (QED) is 0.870. The van der Waals surface area contributed by atoms with Crippen LogP contribution < -0.4 is 5.32 Å². The molecular weight excluding hydrogens is 320 g/mol. The highest BCUT2D eigenvalue weighted by atomic mass is 32.1. The van der Waals surface area contributed by atoms with Crippen molar-refractivity contribution in [3.05, 3.63) is 41.3 Å². The Morgan fingerprint density at radius 3 is 2.96 bits per heavy atom. The highest BCUT2D eigenvalue weighted by Crippen LogP contribution is 2.30. The molecule has 1 aromatic heterocycles. The highest BCUT2D eigenvalue weighted by Gasteiger charge is 2.26. The van der Waals surface area contributed by atoms with Crippen LogP contribution in [0.25, 0.3) is 10.4 Å². The minimum Gasteiger partial charge on any atom is -0.393 e. The van der Waals surface area contributed by atoms with Crippen molar-refractivity contribution < 1.29 is 9.90 Å². The van der Waals surface area contributed by atoms with Gasteiger partial charge in [0.05, 0.1) is 6.10 Å². The normalized spacial score (nSPS) is 19.1. The molecule has 5 heteroatoms. The van der Waals surface area contributed by atoms with Crippen LogP contribution in [0.4, 0.5) is 10.5 Å². The first-order valence-corrected chi connectivity index (χ1v) is 9.31. The molecule has 0 radical (unpaired) electrons. The summed E-state index contributed by atoms with van der Waals surface area (Å²) in [5, 5.41) is 14.9. The lowest BCUT2D eigenvalue weighted by Crippen LogP contribution is -2.44. The van der Waals surface area contributed by atoms with E-state index in [-0.39, 0.29) is 18.1 Å². The van der Waals surface area contributed by atoms with Gasteiger partial charge in [-0.25, -0.2) is 4.79 Å². The van der Waals surface area contributed by atoms with E-state index in [9.17, 15) is 9.90 Å². The summed E-state index contributed by atoms with van der Waals surface area (Å²) in [6.07, 6.45) is 1.55. The molecule has 4 nitrogen and oxygen atoms in total. The van der Waals surface area contributed by atoms with Crippen molar-refractivity contribution in [2.24, 2.45) is 5.92 Å². The fraction of sp³-hybridized carbons (Fsp3) is 0.421. The fourth-order valence-electron chi connectivity index (χ4n) is 3.20. The second-order valence-corrected chi connectivity index (χ2v) is 7.45. The molecule has 128 valence electrons. The summed E-state index contributed by atoms with van der Waals surface area (Å²) in [6, 6.07) is 10.0. The van der Waals surface area contributed by atoms with E-state index in [1.165, 1.54) is 10.4 Å². The maximum Gasteiger partial charge on any atom is 0.321 e. The van der Waals surface area contributed by atoms with Crippen LogP contribution >= 0.6 is 11.3 Å². The molecule has 2 unspecified atom stereocenters. The van der Waals surface area contributed by atoms with Gasteiger partial charge in [-0.05, 0) is 61.4 Å². The Hall–Kier alpha value is -1.85. The molecule has 2 amide bonds. The number of aliphatic hydroxyl groups is 1. The monoisotopic (exact) mass is 344 g/mol. The number of carbonyl (C=O) groups excluding carboxylic acids is 1. The summed E-state index contributed by atoms with van der Waals surface area (Å²) >= 11 is 1.71. The Labute approximate surface area is 147 Å². The summed E-state index contributed by atoms with van der Waals surface area (Å²) in [4.78, 5) is 15.6. The van der Waals surface area contributed by atoms with E-state index in [1.807, 2.05) is 23.1 Å². The number of thiophene rings is 1. The number of amides is 2. The first kappa shape index (κ1) is 17.0. The lowest BCUT2D eigenvalue weighted by Gasteiger charge is -2.34. The predicted molar refractivity (Wildman–Crippen MR) is 99.5 cm³/mol. The molecule has 1 aliphatic heterocycles. The van der Waals surface area contributed by atoms with Crippen molar-refractivity contribution in [1.82, 2.24) is 4.90 Å². The van der Waals surface area contributed by atoms with E-state index >= 15 is 0 Å². The highest BCUT2D eigenvalue weighted by molar-refractivity contribution is 7.13. The van der Waals surface area contributed by atoms with Gasteiger partial charge < -0.3 is 15.3 Å². The van der Waals surface area contributed by atoms with Crippen LogP contribution in [0.1, 0.15) is 25.3 Å². The number of hydrogen-bond acceptors (Lipinski definition) is 3. The molecule has 3 rings (SSSR count). The zero-order valence-corrected chi connectivity index (χ0v) is 15.0. The molecule has 2 atom stereocenters. The van der Waals surface area contributed by atoms with Gasteiger partial charge in [0, 0.05) is 29.6 Å². The third-order valence-corrected chi connectivity index (χ3v) is 5.73. The number of carbonyl (C=O) groups is 1. The molecular formula is C19H24N2O2S. The standard InChI is InChI=1S/C19H24N2O2S/c1-13-8-10-24-18(13)15-5-3-7-17(11-15)20-19(23)21-9-4-6-16(12-21)14(2)22/h3,5,7-8,10-11,14,16,22H,4,6,9,12H2,1-2H3,(H,20,23). The predicted octanol–water partition coefficient (Wildman–Crippen LogP) is 4.35. The number of rotatable bonds is 3. The summed E-state index contributed by atoms with van der Waals surface area (Å²) in [5.74, 6) is 0.171. The molecule has 0 aliphatic carbocycles. The number of likely N-dealkylation sites (tertiary alicyclic amines) is 1. The number of aryl methyl sites for hydroxylation is 1. The Balaban J connectivity index is 1.70. The Bertz CT molecular complexity index is 711. The third-order valence-electron chi connectivity index (χ3n) is 4.67. The Kier molecular flexibility index (Phi) is 5.21. The average Bonchev–Trinajstić information content (AvgIpc) is 3.01. The molecule has 1 aliphatic rings. The Morgan fingerprint density at radius 2 is 2.25 bits per heavy atom. The number of aliphatic hydroxyl groups excluding tert-OH is 1. The van der Waals surface area contributed by atoms with E-state index in [1.54, 1.807) is 18.3 Å². The number of urea groups is 1. The largest absolute Gasteiger partial charge is 0.393 e. The second-order valence-electron chi connectivity index (χ2n) is 6.53. The van der Waals surface area contributed by atoms with Crippen LogP contribution in [-0.4, -0.2) is 35.2 Å². The van der Waals surface area contributed by atoms with Crippen LogP contribution in [0, 0.1) is 12.8 Å². The first-order valence-electron chi connectivity index (χ1n) is 8.43. The minimum atomic E-state index is -0.370. The summed E-state index contributed by atoms with van der Waals surface area (Å²) in [5.41, 5.74) is 3.18. The number of hydrogen-bond donors (Lipinski definition) is 2. The third kappa shape index (κ3) is 3.79. The molecule has 0 spiro atoms. The molecule has 0 bridgehead atoms. The van der Waals surface area contributed by atoms with Gasteiger partial charge in [-0.2, -0.15) is 0 Å². The van der Waals surface area contributed by atoms with Crippen LogP contribution in [0.15, 0.2) is 35.7 Å². The van der Waals surface area contributed by atoms with E-state index in [0.717, 1.165) is 30.6 Å². The van der Waals surface area contributed by atoms with Crippen molar-refractivity contribution in [2.75, 3.05) is 18.4 Å². The topological polar surface area (TPSA) is 52.6 Å². The van der Waals surface area contributed by atoms with Gasteiger partial charge in [0.1, 0.15) is 0 Å². The molecule has 1 aromatic carbocycles. The summed E-state index contributed by atoms with van der Waals surface area (Å²) < 4.78 is 0. The SMILES string of the molecule is Cc1ccsc1-c1cccc(NC(=O)N2CCCC(C(C)O)C2)c1. The molecule has 2 N–H and O–H groups in total. The Morgan fingerprint density at radius 1 is 1.42 bits per heavy atom. The van der Waals surface area contributed by atoms with Crippen LogP contribution in [0.2, 0.25) is 0 Å². The zero-order chi connectivity index (χ0) is 17.1. The maximum absolute atomic E-state index is 12.5. The molecule has 1 fully saturated rings. The molecule has 1 saturated heterocycles. The summed E-state index contributed by atoms with van der Waals surface area (Å²) in [7, 11) is 0. The van der Waals surface area contributed by atoms with Crippen molar-refractivity contribution in [3.63, 3.8) is 0 Å². The van der Waals surface area contributed by atoms with E-state index in [2.05, 4.69) is 29.8 Å². The summed E-state index contributed by atoms with van der Waals surface area (Å²) in [6.45, 7) is 5.27. The van der Waals surface area contributed by atoms with Crippen molar-refractivity contribution in [1.29, 1.82) is 0 Å². The van der Waals surface area contributed by atoms with E-state index < -0.39 is 0 Å². The average molecular weight is 344 g/mol. The van der Waals surface area contributed by atoms with E-state index in [0.29, 0.717) is 6.54 Å². The van der Waals surface area contributed by atoms with Crippen LogP contribution in [0.5, 0.6) is 0 Å². The van der Waals surface area contributed by atoms with Gasteiger partial charge in [0.15, 0.2) is 0 Å². The van der Waals surface area contributed by atoms with Crippen LogP contribution in [0.3, 0.4) is 0 Å². The lowest BCUT2D eigenvalue weighted by molar-refractivity contribution is 0.0766. The van der Waals surface area contributed by atoms with Crippen LogP contribution in [-0.2, 0) is 0 Å². The van der Waals surface area contributed by atoms with Gasteiger partial charge in [0.2, 0.25) is 0 Å². The molecule has 0 saturated carbocycles. The first-order chi connectivity index (χ1) is 11.5. The zero-order valence-electron chi connectivity index (χ0n) is 14.2. The van der Waals surface area contributed by atoms with Gasteiger partial charge in [-0.3, -0.25) is 0 Å². The van der Waals surface area contributed by atoms with Gasteiger partial charge in [-0.15, -0.1) is 11.3 Å². The number of benzene rings is 1.